The average Bonchev–Trinajstić information content (AvgIpc) is 4.04. The van der Waals surface area contributed by atoms with Gasteiger partial charge in [0.1, 0.15) is 11.2 Å². The van der Waals surface area contributed by atoms with Gasteiger partial charge in [-0.3, -0.25) is 0 Å². The fraction of sp³-hybridized carbons (Fsp3) is 0. The monoisotopic (exact) mass is 846 g/mol. The van der Waals surface area contributed by atoms with Crippen LogP contribution in [0.2, 0.25) is 0 Å². The fourth-order valence-corrected chi connectivity index (χ4v) is 11.1. The number of thiophene rings is 1. The van der Waals surface area contributed by atoms with E-state index in [4.69, 9.17) is 19.4 Å². The predicted molar refractivity (Wildman–Crippen MR) is 271 cm³/mol. The van der Waals surface area contributed by atoms with Crippen LogP contribution >= 0.6 is 11.3 Å². The lowest BCUT2D eigenvalue weighted by atomic mass is 9.97. The Balaban J connectivity index is 1.02. The van der Waals surface area contributed by atoms with Gasteiger partial charge in [0, 0.05) is 64.1 Å². The normalized spacial score (nSPS) is 12.0. The van der Waals surface area contributed by atoms with Crippen LogP contribution < -0.4 is 0 Å². The highest BCUT2D eigenvalue weighted by Crippen LogP contribution is 2.43. The SMILES string of the molecule is c1ccc(-c2ccc(-c3nc(-c4ccc5c(c4)sc4ccccc45)nc(-c4cc5oc6ccccc6c5c5cc(-n6c7ccccc7c7cc8ccccc8cc76)ccc45)n3)cc2)cc1. The molecule has 5 nitrogen and oxygen atoms in total. The Kier molecular flexibility index (Phi) is 7.79. The summed E-state index contributed by atoms with van der Waals surface area (Å²) in [6.07, 6.45) is 0. The van der Waals surface area contributed by atoms with Gasteiger partial charge in [0.25, 0.3) is 0 Å². The molecule has 0 bridgehead atoms. The van der Waals surface area contributed by atoms with E-state index in [0.717, 1.165) is 77.2 Å². The van der Waals surface area contributed by atoms with Gasteiger partial charge in [-0.2, -0.15) is 0 Å². The van der Waals surface area contributed by atoms with Gasteiger partial charge < -0.3 is 8.98 Å². The maximum absolute atomic E-state index is 6.73. The maximum Gasteiger partial charge on any atom is 0.164 e. The van der Waals surface area contributed by atoms with Crippen LogP contribution in [0, 0.1) is 0 Å². The largest absolute Gasteiger partial charge is 0.456 e. The first kappa shape index (κ1) is 36.1. The molecular formula is C59H34N4OS. The number of hydrogen-bond acceptors (Lipinski definition) is 5. The lowest BCUT2D eigenvalue weighted by molar-refractivity contribution is 0.669. The van der Waals surface area contributed by atoms with E-state index in [0.29, 0.717) is 17.5 Å². The number of hydrogen-bond donors (Lipinski definition) is 0. The second-order valence-corrected chi connectivity index (χ2v) is 17.8. The molecule has 65 heavy (non-hydrogen) atoms. The number of para-hydroxylation sites is 2. The standard InChI is InChI=1S/C59H34N4OS/c1-2-12-35(13-3-1)36-22-24-37(25-23-36)57-60-58(40-26-28-45-44-17-8-11-21-54(44)65-55(45)32-40)62-59(61-57)49-34-53-56(46-18-7-10-20-52(46)64-53)48-33-41(27-29-42(48)49)63-50-19-9-6-16-43(50)47-30-38-14-4-5-15-39(38)31-51(47)63/h1-34H. The van der Waals surface area contributed by atoms with Crippen LogP contribution in [0.15, 0.2) is 211 Å². The van der Waals surface area contributed by atoms with Gasteiger partial charge in [0.05, 0.1) is 11.0 Å². The van der Waals surface area contributed by atoms with Crippen LogP contribution in [0.1, 0.15) is 0 Å². The molecule has 0 unspecified atom stereocenters. The molecule has 0 saturated carbocycles. The van der Waals surface area contributed by atoms with E-state index >= 15 is 0 Å². The highest BCUT2D eigenvalue weighted by atomic mass is 32.1. The minimum absolute atomic E-state index is 0.581. The van der Waals surface area contributed by atoms with Gasteiger partial charge >= 0.3 is 0 Å². The van der Waals surface area contributed by atoms with E-state index in [1.165, 1.54) is 41.7 Å². The molecule has 14 rings (SSSR count). The van der Waals surface area contributed by atoms with Gasteiger partial charge in [-0.15, -0.1) is 11.3 Å². The average molecular weight is 847 g/mol. The molecule has 0 N–H and O–H groups in total. The van der Waals surface area contributed by atoms with Gasteiger partial charge in [-0.25, -0.2) is 15.0 Å². The van der Waals surface area contributed by atoms with Crippen molar-refractivity contribution >= 4 is 96.8 Å². The van der Waals surface area contributed by atoms with Crippen molar-refractivity contribution in [3.05, 3.63) is 206 Å². The van der Waals surface area contributed by atoms with E-state index in [2.05, 4.69) is 193 Å². The third kappa shape index (κ3) is 5.67. The van der Waals surface area contributed by atoms with Crippen LogP contribution in [-0.4, -0.2) is 19.5 Å². The number of fused-ring (bicyclic) bond motifs is 12. The molecule has 0 saturated heterocycles. The zero-order chi connectivity index (χ0) is 42.6. The number of aromatic nitrogens is 4. The summed E-state index contributed by atoms with van der Waals surface area (Å²) in [4.78, 5) is 15.9. The Morgan fingerprint density at radius 1 is 0.354 bits per heavy atom. The molecule has 0 atom stereocenters. The highest BCUT2D eigenvalue weighted by Gasteiger charge is 2.21. The lowest BCUT2D eigenvalue weighted by Crippen LogP contribution is -2.01. The van der Waals surface area contributed by atoms with Crippen molar-refractivity contribution < 1.29 is 4.42 Å². The Morgan fingerprint density at radius 2 is 0.985 bits per heavy atom. The zero-order valence-electron chi connectivity index (χ0n) is 34.7. The molecular weight excluding hydrogens is 813 g/mol. The summed E-state index contributed by atoms with van der Waals surface area (Å²) in [6.45, 7) is 0. The summed E-state index contributed by atoms with van der Waals surface area (Å²) in [5.74, 6) is 1.80. The van der Waals surface area contributed by atoms with Crippen molar-refractivity contribution in [3.63, 3.8) is 0 Å². The summed E-state index contributed by atoms with van der Waals surface area (Å²) >= 11 is 1.79. The molecule has 0 amide bonds. The van der Waals surface area contributed by atoms with Gasteiger partial charge in [-0.05, 0) is 87.3 Å². The Labute approximate surface area is 376 Å². The summed E-state index contributed by atoms with van der Waals surface area (Å²) in [5.41, 5.74) is 10.0. The molecule has 0 fully saturated rings. The first-order chi connectivity index (χ1) is 32.2. The van der Waals surface area contributed by atoms with Crippen molar-refractivity contribution in [1.82, 2.24) is 19.5 Å². The van der Waals surface area contributed by atoms with Crippen LogP contribution in [0.3, 0.4) is 0 Å². The fourth-order valence-electron chi connectivity index (χ4n) is 9.95. The van der Waals surface area contributed by atoms with E-state index in [1.54, 1.807) is 11.3 Å². The van der Waals surface area contributed by atoms with Crippen molar-refractivity contribution in [2.24, 2.45) is 0 Å². The van der Waals surface area contributed by atoms with E-state index < -0.39 is 0 Å². The summed E-state index contributed by atoms with van der Waals surface area (Å²) in [5, 5.41) is 11.6. The van der Waals surface area contributed by atoms with E-state index in [1.807, 2.05) is 18.2 Å². The van der Waals surface area contributed by atoms with E-state index in [-0.39, 0.29) is 0 Å². The summed E-state index contributed by atoms with van der Waals surface area (Å²) in [7, 11) is 0. The molecule has 4 aromatic heterocycles. The van der Waals surface area contributed by atoms with Gasteiger partial charge in [-0.1, -0.05) is 152 Å². The van der Waals surface area contributed by atoms with Crippen molar-refractivity contribution in [1.29, 1.82) is 0 Å². The van der Waals surface area contributed by atoms with Crippen LogP contribution in [0.4, 0.5) is 0 Å². The number of benzene rings is 10. The minimum Gasteiger partial charge on any atom is -0.456 e. The summed E-state index contributed by atoms with van der Waals surface area (Å²) < 4.78 is 11.6. The number of furan rings is 1. The van der Waals surface area contributed by atoms with Crippen LogP contribution in [0.25, 0.3) is 136 Å². The third-order valence-corrected chi connectivity index (χ3v) is 14.2. The highest BCUT2D eigenvalue weighted by molar-refractivity contribution is 7.25. The molecule has 6 heteroatoms. The van der Waals surface area contributed by atoms with Gasteiger partial charge in [0.15, 0.2) is 17.5 Å². The molecule has 14 aromatic rings. The van der Waals surface area contributed by atoms with Crippen LogP contribution in [0.5, 0.6) is 0 Å². The topological polar surface area (TPSA) is 56.7 Å². The van der Waals surface area contributed by atoms with Crippen molar-refractivity contribution in [2.75, 3.05) is 0 Å². The second kappa shape index (κ2) is 14.0. The number of nitrogens with zero attached hydrogens (tertiary/aromatic N) is 4. The first-order valence-electron chi connectivity index (χ1n) is 21.8. The quantitative estimate of drug-likeness (QED) is 0.173. The molecule has 4 heterocycles. The smallest absolute Gasteiger partial charge is 0.164 e. The second-order valence-electron chi connectivity index (χ2n) is 16.8. The maximum atomic E-state index is 6.73. The summed E-state index contributed by atoms with van der Waals surface area (Å²) in [6, 6.07) is 73.3. The molecule has 0 aliphatic heterocycles. The molecule has 10 aromatic carbocycles. The van der Waals surface area contributed by atoms with E-state index in [9.17, 15) is 0 Å². The molecule has 0 spiro atoms. The molecule has 0 aliphatic rings. The first-order valence-corrected chi connectivity index (χ1v) is 22.6. The number of rotatable bonds is 5. The van der Waals surface area contributed by atoms with Gasteiger partial charge in [0.2, 0.25) is 0 Å². The molecule has 0 radical (unpaired) electrons. The lowest BCUT2D eigenvalue weighted by Gasteiger charge is -2.14. The third-order valence-electron chi connectivity index (χ3n) is 13.0. The predicted octanol–water partition coefficient (Wildman–Crippen LogP) is 16.2. The molecule has 302 valence electrons. The zero-order valence-corrected chi connectivity index (χ0v) is 35.6. The Bertz CT molecular complexity index is 4240. The van der Waals surface area contributed by atoms with Crippen LogP contribution in [-0.2, 0) is 0 Å². The Hall–Kier alpha value is -8.45. The minimum atomic E-state index is 0.581. The molecule has 0 aliphatic carbocycles. The Morgan fingerprint density at radius 3 is 1.85 bits per heavy atom. The van der Waals surface area contributed by atoms with Crippen molar-refractivity contribution in [3.8, 4) is 51.0 Å². The van der Waals surface area contributed by atoms with Crippen molar-refractivity contribution in [2.45, 2.75) is 0 Å².